The third kappa shape index (κ3) is 4.68. The zero-order valence-electron chi connectivity index (χ0n) is 15.4. The summed E-state index contributed by atoms with van der Waals surface area (Å²) < 4.78 is 32.8. The monoisotopic (exact) mass is 393 g/mol. The van der Waals surface area contributed by atoms with Crippen LogP contribution in [0.3, 0.4) is 0 Å². The predicted octanol–water partition coefficient (Wildman–Crippen LogP) is 0.986. The molecule has 2 aliphatic heterocycles. The van der Waals surface area contributed by atoms with Crippen molar-refractivity contribution in [2.75, 3.05) is 26.2 Å². The predicted molar refractivity (Wildman–Crippen MR) is 100 cm³/mol. The van der Waals surface area contributed by atoms with E-state index in [2.05, 4.69) is 10.0 Å². The second-order valence-corrected chi connectivity index (χ2v) is 9.52. The molecule has 0 spiro atoms. The third-order valence-corrected chi connectivity index (χ3v) is 7.06. The number of likely N-dealkylation sites (tertiary alicyclic amines) is 1. The van der Waals surface area contributed by atoms with Gasteiger partial charge in [-0.2, -0.15) is 0 Å². The number of piperidine rings is 1. The number of rotatable bonds is 7. The smallest absolute Gasteiger partial charge is 0.241 e. The minimum atomic E-state index is -3.70. The third-order valence-electron chi connectivity index (χ3n) is 5.66. The number of benzene rings is 1. The van der Waals surface area contributed by atoms with Gasteiger partial charge in [0.1, 0.15) is 0 Å². The molecular formula is C19H27N3O4S. The topological polar surface area (TPSA) is 87.7 Å². The van der Waals surface area contributed by atoms with Crippen molar-refractivity contribution < 1.29 is 17.9 Å². The molecule has 7 nitrogen and oxygen atoms in total. The molecule has 8 heteroatoms. The first kappa shape index (κ1) is 18.9. The quantitative estimate of drug-likeness (QED) is 0.721. The van der Waals surface area contributed by atoms with Crippen LogP contribution in [0.15, 0.2) is 23.1 Å². The van der Waals surface area contributed by atoms with E-state index in [-0.39, 0.29) is 17.3 Å². The van der Waals surface area contributed by atoms with E-state index in [4.69, 9.17) is 4.74 Å². The Labute approximate surface area is 160 Å². The first-order valence-electron chi connectivity index (χ1n) is 9.71. The van der Waals surface area contributed by atoms with Crippen LogP contribution in [-0.2, 0) is 32.8 Å². The van der Waals surface area contributed by atoms with Crippen LogP contribution >= 0.6 is 0 Å². The van der Waals surface area contributed by atoms with Crippen molar-refractivity contribution in [3.05, 3.63) is 29.3 Å². The fraction of sp³-hybridized carbons (Fsp3) is 0.632. The van der Waals surface area contributed by atoms with Crippen molar-refractivity contribution >= 4 is 15.9 Å². The maximum Gasteiger partial charge on any atom is 0.241 e. The van der Waals surface area contributed by atoms with Crippen molar-refractivity contribution in [2.45, 2.75) is 49.8 Å². The van der Waals surface area contributed by atoms with E-state index >= 15 is 0 Å². The lowest BCUT2D eigenvalue weighted by atomic mass is 10.0. The van der Waals surface area contributed by atoms with Gasteiger partial charge in [0.15, 0.2) is 0 Å². The Morgan fingerprint density at radius 1 is 1.11 bits per heavy atom. The summed E-state index contributed by atoms with van der Waals surface area (Å²) in [6, 6.07) is 5.45. The number of fused-ring (bicyclic) bond motifs is 1. The normalized spacial score (nSPS) is 20.7. The van der Waals surface area contributed by atoms with Crippen molar-refractivity contribution in [1.29, 1.82) is 0 Å². The second-order valence-electron chi connectivity index (χ2n) is 7.75. The highest BCUT2D eigenvalue weighted by Crippen LogP contribution is 2.28. The summed E-state index contributed by atoms with van der Waals surface area (Å²) in [4.78, 5) is 14.3. The van der Waals surface area contributed by atoms with E-state index < -0.39 is 10.0 Å². The summed E-state index contributed by atoms with van der Waals surface area (Å²) in [5.74, 6) is 0.688. The molecule has 1 saturated heterocycles. The van der Waals surface area contributed by atoms with Gasteiger partial charge in [0.25, 0.3) is 0 Å². The molecule has 148 valence electrons. The molecule has 1 aromatic rings. The first-order valence-corrected chi connectivity index (χ1v) is 11.2. The Hall–Kier alpha value is -1.48. The molecule has 0 radical (unpaired) electrons. The molecule has 0 atom stereocenters. The zero-order chi connectivity index (χ0) is 18.9. The highest BCUT2D eigenvalue weighted by Gasteiger charge is 2.27. The van der Waals surface area contributed by atoms with Gasteiger partial charge < -0.3 is 15.0 Å². The van der Waals surface area contributed by atoms with Gasteiger partial charge in [0.2, 0.25) is 15.9 Å². The number of hydrogen-bond acceptors (Lipinski definition) is 5. The fourth-order valence-electron chi connectivity index (χ4n) is 3.66. The molecule has 2 heterocycles. The van der Waals surface area contributed by atoms with Crippen molar-refractivity contribution in [2.24, 2.45) is 5.92 Å². The highest BCUT2D eigenvalue weighted by molar-refractivity contribution is 7.89. The van der Waals surface area contributed by atoms with Crippen LogP contribution in [-0.4, -0.2) is 51.4 Å². The largest absolute Gasteiger partial charge is 0.372 e. The van der Waals surface area contributed by atoms with Crippen LogP contribution in [0.5, 0.6) is 0 Å². The van der Waals surface area contributed by atoms with Crippen molar-refractivity contribution in [3.63, 3.8) is 0 Å². The van der Waals surface area contributed by atoms with E-state index in [0.29, 0.717) is 32.3 Å². The summed E-state index contributed by atoms with van der Waals surface area (Å²) in [6.45, 7) is 3.20. The van der Waals surface area contributed by atoms with E-state index in [9.17, 15) is 13.2 Å². The van der Waals surface area contributed by atoms with Crippen LogP contribution in [0.1, 0.15) is 36.8 Å². The van der Waals surface area contributed by atoms with E-state index in [1.807, 2.05) is 0 Å². The Morgan fingerprint density at radius 2 is 1.85 bits per heavy atom. The lowest BCUT2D eigenvalue weighted by molar-refractivity contribution is -0.131. The Bertz CT molecular complexity index is 799. The molecule has 2 fully saturated rings. The molecule has 0 unspecified atom stereocenters. The number of nitrogens with one attached hydrogen (secondary N) is 2. The molecule has 2 N–H and O–H groups in total. The Morgan fingerprint density at radius 3 is 2.59 bits per heavy atom. The number of sulfonamides is 1. The number of ether oxygens (including phenoxy) is 1. The summed E-state index contributed by atoms with van der Waals surface area (Å²) in [5, 5.41) is 3.58. The van der Waals surface area contributed by atoms with Gasteiger partial charge >= 0.3 is 0 Å². The standard InChI is InChI=1S/C19H27N3O4S/c23-19(22-7-5-17(6-8-22)20-10-14-1-2-14)11-21-27(24,25)18-4-3-15-12-26-13-16(15)9-18/h3-4,9,14,17,20-21H,1-2,5-8,10-13H2. The van der Waals surface area contributed by atoms with Crippen LogP contribution in [0.2, 0.25) is 0 Å². The number of carbonyl (C=O) groups excluding carboxylic acids is 1. The Balaban J connectivity index is 1.26. The molecule has 1 aliphatic carbocycles. The molecule has 0 aromatic heterocycles. The van der Waals surface area contributed by atoms with Gasteiger partial charge in [-0.1, -0.05) is 6.07 Å². The van der Waals surface area contributed by atoms with Gasteiger partial charge in [-0.3, -0.25) is 4.79 Å². The highest BCUT2D eigenvalue weighted by atomic mass is 32.2. The molecular weight excluding hydrogens is 366 g/mol. The van der Waals surface area contributed by atoms with Gasteiger partial charge in [0.05, 0.1) is 24.7 Å². The van der Waals surface area contributed by atoms with E-state index in [0.717, 1.165) is 36.4 Å². The first-order chi connectivity index (χ1) is 13.0. The molecule has 1 amide bonds. The SMILES string of the molecule is O=C(CNS(=O)(=O)c1ccc2c(c1)COC2)N1CCC(NCC2CC2)CC1. The number of carbonyl (C=O) groups is 1. The Kier molecular flexibility index (Phi) is 5.50. The van der Waals surface area contributed by atoms with E-state index in [1.54, 1.807) is 23.1 Å². The zero-order valence-corrected chi connectivity index (χ0v) is 16.3. The fourth-order valence-corrected chi connectivity index (χ4v) is 4.68. The number of nitrogens with zero attached hydrogens (tertiary/aromatic N) is 1. The molecule has 1 aromatic carbocycles. The van der Waals surface area contributed by atoms with Crippen LogP contribution in [0.4, 0.5) is 0 Å². The summed E-state index contributed by atoms with van der Waals surface area (Å²) >= 11 is 0. The second kappa shape index (κ2) is 7.87. The van der Waals surface area contributed by atoms with Crippen LogP contribution in [0, 0.1) is 5.92 Å². The summed E-state index contributed by atoms with van der Waals surface area (Å²) in [5.41, 5.74) is 1.91. The van der Waals surface area contributed by atoms with Gasteiger partial charge in [0, 0.05) is 19.1 Å². The molecule has 4 rings (SSSR count). The number of hydrogen-bond donors (Lipinski definition) is 2. The van der Waals surface area contributed by atoms with Crippen LogP contribution in [0.25, 0.3) is 0 Å². The average Bonchev–Trinajstić information content (AvgIpc) is 3.39. The van der Waals surface area contributed by atoms with Crippen LogP contribution < -0.4 is 10.0 Å². The van der Waals surface area contributed by atoms with Crippen molar-refractivity contribution in [1.82, 2.24) is 14.9 Å². The molecule has 1 saturated carbocycles. The minimum absolute atomic E-state index is 0.163. The summed E-state index contributed by atoms with van der Waals surface area (Å²) in [7, 11) is -3.70. The summed E-state index contributed by atoms with van der Waals surface area (Å²) in [6.07, 6.45) is 4.52. The van der Waals surface area contributed by atoms with E-state index in [1.165, 1.54) is 12.8 Å². The molecule has 0 bridgehead atoms. The molecule has 3 aliphatic rings. The van der Waals surface area contributed by atoms with Gasteiger partial charge in [-0.05, 0) is 61.4 Å². The number of amides is 1. The maximum absolute atomic E-state index is 12.5. The van der Waals surface area contributed by atoms with Gasteiger partial charge in [-0.25, -0.2) is 13.1 Å². The average molecular weight is 394 g/mol. The maximum atomic E-state index is 12.5. The van der Waals surface area contributed by atoms with Crippen molar-refractivity contribution in [3.8, 4) is 0 Å². The molecule has 27 heavy (non-hydrogen) atoms. The van der Waals surface area contributed by atoms with Gasteiger partial charge in [-0.15, -0.1) is 0 Å². The minimum Gasteiger partial charge on any atom is -0.372 e. The lowest BCUT2D eigenvalue weighted by Gasteiger charge is -2.32. The lowest BCUT2D eigenvalue weighted by Crippen LogP contribution is -2.48.